The second-order valence-electron chi connectivity index (χ2n) is 3.80. The summed E-state index contributed by atoms with van der Waals surface area (Å²) in [6, 6.07) is 7.93. The van der Waals surface area contributed by atoms with Gasteiger partial charge in [0.05, 0.1) is 0 Å². The Labute approximate surface area is 95.7 Å². The van der Waals surface area contributed by atoms with Gasteiger partial charge in [-0.2, -0.15) is 0 Å². The van der Waals surface area contributed by atoms with Crippen molar-refractivity contribution in [3.05, 3.63) is 29.8 Å². The zero-order valence-corrected chi connectivity index (χ0v) is 9.46. The third kappa shape index (κ3) is 2.49. The van der Waals surface area contributed by atoms with Crippen LogP contribution in [0.25, 0.3) is 0 Å². The van der Waals surface area contributed by atoms with E-state index in [1.54, 1.807) is 4.90 Å². The maximum Gasteiger partial charge on any atom is 0.228 e. The monoisotopic (exact) mass is 226 g/mol. The summed E-state index contributed by atoms with van der Waals surface area (Å²) < 4.78 is 0. The van der Waals surface area contributed by atoms with E-state index < -0.39 is 0 Å². The maximum atomic E-state index is 11.5. The molecule has 1 fully saturated rings. The van der Waals surface area contributed by atoms with E-state index in [2.05, 4.69) is 0 Å². The molecule has 1 aromatic rings. The van der Waals surface area contributed by atoms with Gasteiger partial charge in [-0.25, -0.2) is 0 Å². The second kappa shape index (κ2) is 4.64. The van der Waals surface area contributed by atoms with Gasteiger partial charge in [-0.15, -0.1) is 12.4 Å². The van der Waals surface area contributed by atoms with Crippen LogP contribution in [0.2, 0.25) is 0 Å². The molecule has 1 aliphatic rings. The van der Waals surface area contributed by atoms with E-state index in [9.17, 15) is 4.79 Å². The van der Waals surface area contributed by atoms with Gasteiger partial charge < -0.3 is 10.6 Å². The SMILES string of the molecule is Cc1ccc(N2CC(N)CC2=O)cc1.Cl. The van der Waals surface area contributed by atoms with Crippen LogP contribution in [0.4, 0.5) is 5.69 Å². The average molecular weight is 227 g/mol. The first-order valence-electron chi connectivity index (χ1n) is 4.79. The van der Waals surface area contributed by atoms with Gasteiger partial charge in [0.15, 0.2) is 0 Å². The van der Waals surface area contributed by atoms with Gasteiger partial charge in [0.2, 0.25) is 5.91 Å². The fourth-order valence-corrected chi connectivity index (χ4v) is 1.71. The lowest BCUT2D eigenvalue weighted by Crippen LogP contribution is -2.27. The summed E-state index contributed by atoms with van der Waals surface area (Å²) in [4.78, 5) is 13.3. The molecular weight excluding hydrogens is 212 g/mol. The number of carbonyl (C=O) groups is 1. The predicted molar refractivity (Wildman–Crippen MR) is 63.4 cm³/mol. The zero-order chi connectivity index (χ0) is 10.1. The molecule has 0 radical (unpaired) electrons. The summed E-state index contributed by atoms with van der Waals surface area (Å²) in [5.74, 6) is 0.126. The lowest BCUT2D eigenvalue weighted by Gasteiger charge is -2.15. The molecular formula is C11H15ClN2O. The number of benzene rings is 1. The highest BCUT2D eigenvalue weighted by Crippen LogP contribution is 2.20. The van der Waals surface area contributed by atoms with Crippen molar-refractivity contribution in [2.24, 2.45) is 5.73 Å². The number of amides is 1. The van der Waals surface area contributed by atoms with Crippen molar-refractivity contribution in [2.75, 3.05) is 11.4 Å². The molecule has 3 nitrogen and oxygen atoms in total. The number of hydrogen-bond acceptors (Lipinski definition) is 2. The fourth-order valence-electron chi connectivity index (χ4n) is 1.71. The number of aryl methyl sites for hydroxylation is 1. The van der Waals surface area contributed by atoms with Gasteiger partial charge >= 0.3 is 0 Å². The highest BCUT2D eigenvalue weighted by atomic mass is 35.5. The Hall–Kier alpha value is -1.06. The molecule has 4 heteroatoms. The molecule has 2 N–H and O–H groups in total. The van der Waals surface area contributed by atoms with Gasteiger partial charge in [0.1, 0.15) is 0 Å². The van der Waals surface area contributed by atoms with Crippen molar-refractivity contribution >= 4 is 24.0 Å². The molecule has 0 spiro atoms. The summed E-state index contributed by atoms with van der Waals surface area (Å²) in [6.07, 6.45) is 0.466. The number of halogens is 1. The zero-order valence-electron chi connectivity index (χ0n) is 8.64. The Morgan fingerprint density at radius 3 is 2.40 bits per heavy atom. The standard InChI is InChI=1S/C11H14N2O.ClH/c1-8-2-4-10(5-3-8)13-7-9(12)6-11(13)14;/h2-5,9H,6-7,12H2,1H3;1H. The first-order chi connectivity index (χ1) is 6.66. The van der Waals surface area contributed by atoms with Crippen LogP contribution in [0.1, 0.15) is 12.0 Å². The van der Waals surface area contributed by atoms with Gasteiger partial charge in [0.25, 0.3) is 0 Å². The number of rotatable bonds is 1. The number of hydrogen-bond donors (Lipinski definition) is 1. The molecule has 15 heavy (non-hydrogen) atoms. The van der Waals surface area contributed by atoms with Crippen molar-refractivity contribution in [1.82, 2.24) is 0 Å². The molecule has 1 amide bonds. The van der Waals surface area contributed by atoms with Crippen LogP contribution in [-0.4, -0.2) is 18.5 Å². The molecule has 0 aliphatic carbocycles. The maximum absolute atomic E-state index is 11.5. The Morgan fingerprint density at radius 2 is 1.93 bits per heavy atom. The summed E-state index contributed by atoms with van der Waals surface area (Å²) in [7, 11) is 0. The predicted octanol–water partition coefficient (Wildman–Crippen LogP) is 1.48. The Balaban J connectivity index is 0.00000112. The van der Waals surface area contributed by atoms with Gasteiger partial charge in [-0.3, -0.25) is 4.79 Å². The van der Waals surface area contributed by atoms with Crippen molar-refractivity contribution < 1.29 is 4.79 Å². The molecule has 0 saturated carbocycles. The molecule has 0 bridgehead atoms. The molecule has 1 atom stereocenters. The number of nitrogens with two attached hydrogens (primary N) is 1. The minimum Gasteiger partial charge on any atom is -0.326 e. The van der Waals surface area contributed by atoms with Crippen LogP contribution in [-0.2, 0) is 4.79 Å². The number of carbonyl (C=O) groups excluding carboxylic acids is 1. The van der Waals surface area contributed by atoms with E-state index in [-0.39, 0.29) is 24.4 Å². The molecule has 1 saturated heterocycles. The third-order valence-electron chi connectivity index (χ3n) is 2.50. The van der Waals surface area contributed by atoms with Crippen LogP contribution in [0.15, 0.2) is 24.3 Å². The molecule has 1 aromatic carbocycles. The Morgan fingerprint density at radius 1 is 1.33 bits per heavy atom. The summed E-state index contributed by atoms with van der Waals surface area (Å²) in [6.45, 7) is 2.67. The molecule has 0 aromatic heterocycles. The molecule has 2 rings (SSSR count). The van der Waals surface area contributed by atoms with E-state index in [0.717, 1.165) is 5.69 Å². The minimum absolute atomic E-state index is 0. The first kappa shape index (κ1) is 12.0. The summed E-state index contributed by atoms with van der Waals surface area (Å²) >= 11 is 0. The van der Waals surface area contributed by atoms with Crippen molar-refractivity contribution in [3.8, 4) is 0 Å². The van der Waals surface area contributed by atoms with E-state index in [0.29, 0.717) is 13.0 Å². The topological polar surface area (TPSA) is 46.3 Å². The molecule has 1 unspecified atom stereocenters. The fraction of sp³-hybridized carbons (Fsp3) is 0.364. The van der Waals surface area contributed by atoms with Crippen LogP contribution in [0.3, 0.4) is 0 Å². The van der Waals surface area contributed by atoms with Crippen LogP contribution in [0, 0.1) is 6.92 Å². The highest BCUT2D eigenvalue weighted by molar-refractivity contribution is 5.96. The first-order valence-corrected chi connectivity index (χ1v) is 4.79. The molecule has 1 aliphatic heterocycles. The van der Waals surface area contributed by atoms with E-state index in [1.165, 1.54) is 5.56 Å². The minimum atomic E-state index is -0.0104. The summed E-state index contributed by atoms with van der Waals surface area (Å²) in [5.41, 5.74) is 7.87. The lowest BCUT2D eigenvalue weighted by atomic mass is 10.2. The normalized spacial score (nSPS) is 20.3. The third-order valence-corrected chi connectivity index (χ3v) is 2.50. The summed E-state index contributed by atoms with van der Waals surface area (Å²) in [5, 5.41) is 0. The number of nitrogens with zero attached hydrogens (tertiary/aromatic N) is 1. The van der Waals surface area contributed by atoms with Gasteiger partial charge in [0, 0.05) is 24.7 Å². The van der Waals surface area contributed by atoms with E-state index >= 15 is 0 Å². The quantitative estimate of drug-likeness (QED) is 0.789. The van der Waals surface area contributed by atoms with Crippen LogP contribution >= 0.6 is 12.4 Å². The highest BCUT2D eigenvalue weighted by Gasteiger charge is 2.27. The Kier molecular flexibility index (Phi) is 3.72. The van der Waals surface area contributed by atoms with Crippen molar-refractivity contribution in [2.45, 2.75) is 19.4 Å². The lowest BCUT2D eigenvalue weighted by molar-refractivity contribution is -0.117. The molecule has 82 valence electrons. The average Bonchev–Trinajstić information content (AvgIpc) is 2.47. The van der Waals surface area contributed by atoms with E-state index in [1.807, 2.05) is 31.2 Å². The number of anilines is 1. The van der Waals surface area contributed by atoms with Gasteiger partial charge in [-0.05, 0) is 19.1 Å². The van der Waals surface area contributed by atoms with Gasteiger partial charge in [-0.1, -0.05) is 17.7 Å². The smallest absolute Gasteiger partial charge is 0.228 e. The van der Waals surface area contributed by atoms with Crippen molar-refractivity contribution in [1.29, 1.82) is 0 Å². The molecule has 1 heterocycles. The van der Waals surface area contributed by atoms with Crippen LogP contribution < -0.4 is 10.6 Å². The van der Waals surface area contributed by atoms with Crippen molar-refractivity contribution in [3.63, 3.8) is 0 Å². The van der Waals surface area contributed by atoms with Crippen LogP contribution in [0.5, 0.6) is 0 Å². The largest absolute Gasteiger partial charge is 0.326 e. The Bertz CT molecular complexity index is 350. The second-order valence-corrected chi connectivity index (χ2v) is 3.80. The van der Waals surface area contributed by atoms with E-state index in [4.69, 9.17) is 5.73 Å².